The molecule has 0 aromatic carbocycles. The summed E-state index contributed by atoms with van der Waals surface area (Å²) in [6.07, 6.45) is 3.52. The molecule has 5 heteroatoms. The van der Waals surface area contributed by atoms with E-state index in [-0.39, 0.29) is 0 Å². The summed E-state index contributed by atoms with van der Waals surface area (Å²) in [5.41, 5.74) is 0.887. The molecule has 1 rings (SSSR count). The van der Waals surface area contributed by atoms with Gasteiger partial charge in [0.15, 0.2) is 0 Å². The third-order valence-corrected chi connectivity index (χ3v) is 2.43. The van der Waals surface area contributed by atoms with Gasteiger partial charge in [0, 0.05) is 23.5 Å². The molecule has 0 fully saturated rings. The second kappa shape index (κ2) is 4.70. The van der Waals surface area contributed by atoms with Crippen LogP contribution >= 0.6 is 35.1 Å². The minimum Gasteiger partial charge on any atom is -0.245 e. The Morgan fingerprint density at radius 2 is 2.42 bits per heavy atom. The standard InChI is InChI=1S/C7H6Cl2N2S/c1-12-7(11-9)5-2-3-10-6(8)4-5/h2-4H,1H3/b11-7+. The first-order valence-corrected chi connectivity index (χ1v) is 5.07. The van der Waals surface area contributed by atoms with Crippen LogP contribution in [0.5, 0.6) is 0 Å². The number of hydrogen-bond donors (Lipinski definition) is 0. The highest BCUT2D eigenvalue weighted by Crippen LogP contribution is 2.14. The SMILES string of the molecule is CS/C(=N/Cl)c1ccnc(Cl)c1. The van der Waals surface area contributed by atoms with Crippen LogP contribution in [0.25, 0.3) is 0 Å². The predicted molar refractivity (Wildman–Crippen MR) is 55.2 cm³/mol. The number of hydrogen-bond acceptors (Lipinski definition) is 3. The molecule has 2 nitrogen and oxygen atoms in total. The second-order valence-corrected chi connectivity index (χ2v) is 3.31. The quantitative estimate of drug-likeness (QED) is 0.413. The lowest BCUT2D eigenvalue weighted by atomic mass is 10.3. The molecule has 12 heavy (non-hydrogen) atoms. The van der Waals surface area contributed by atoms with E-state index in [0.717, 1.165) is 10.6 Å². The average molecular weight is 221 g/mol. The number of thioether (sulfide) groups is 1. The van der Waals surface area contributed by atoms with E-state index in [2.05, 4.69) is 9.50 Å². The van der Waals surface area contributed by atoms with E-state index in [1.54, 1.807) is 12.3 Å². The van der Waals surface area contributed by atoms with Crippen molar-refractivity contribution in [2.45, 2.75) is 0 Å². The summed E-state index contributed by atoms with van der Waals surface area (Å²) < 4.78 is 3.58. The number of nitrogens with zero attached hydrogens (tertiary/aromatic N) is 2. The molecule has 0 unspecified atom stereocenters. The summed E-state index contributed by atoms with van der Waals surface area (Å²) in [5, 5.41) is 1.18. The smallest absolute Gasteiger partial charge is 0.129 e. The van der Waals surface area contributed by atoms with Crippen molar-refractivity contribution in [1.82, 2.24) is 4.98 Å². The van der Waals surface area contributed by atoms with E-state index < -0.39 is 0 Å². The second-order valence-electron chi connectivity index (χ2n) is 1.96. The van der Waals surface area contributed by atoms with Gasteiger partial charge in [-0.15, -0.1) is 11.8 Å². The van der Waals surface area contributed by atoms with Crippen LogP contribution in [0.2, 0.25) is 5.15 Å². The average Bonchev–Trinajstić information content (AvgIpc) is 2.07. The van der Waals surface area contributed by atoms with Gasteiger partial charge in [-0.25, -0.2) is 4.98 Å². The zero-order valence-corrected chi connectivity index (χ0v) is 8.62. The minimum atomic E-state index is 0.444. The first kappa shape index (κ1) is 9.84. The van der Waals surface area contributed by atoms with E-state index >= 15 is 0 Å². The van der Waals surface area contributed by atoms with Crippen LogP contribution in [0.3, 0.4) is 0 Å². The zero-order chi connectivity index (χ0) is 8.97. The lowest BCUT2D eigenvalue weighted by Crippen LogP contribution is -1.93. The van der Waals surface area contributed by atoms with E-state index in [1.807, 2.05) is 12.3 Å². The molecule has 64 valence electrons. The molecule has 0 atom stereocenters. The molecule has 0 aliphatic carbocycles. The van der Waals surface area contributed by atoms with E-state index in [0.29, 0.717) is 5.15 Å². The fraction of sp³-hybridized carbons (Fsp3) is 0.143. The highest BCUT2D eigenvalue weighted by Gasteiger charge is 2.01. The molecule has 1 heterocycles. The maximum atomic E-state index is 5.68. The van der Waals surface area contributed by atoms with Gasteiger partial charge in [0.1, 0.15) is 10.2 Å². The number of aromatic nitrogens is 1. The normalized spacial score (nSPS) is 11.8. The highest BCUT2D eigenvalue weighted by molar-refractivity contribution is 8.13. The summed E-state index contributed by atoms with van der Waals surface area (Å²) in [7, 11) is 0. The van der Waals surface area contributed by atoms with Crippen molar-refractivity contribution in [3.05, 3.63) is 29.0 Å². The monoisotopic (exact) mass is 220 g/mol. The predicted octanol–water partition coefficient (Wildman–Crippen LogP) is 3.00. The molecule has 0 saturated heterocycles. The summed E-state index contributed by atoms with van der Waals surface area (Å²) in [6.45, 7) is 0. The summed E-state index contributed by atoms with van der Waals surface area (Å²) in [4.78, 5) is 3.85. The molecule has 0 bridgehead atoms. The maximum Gasteiger partial charge on any atom is 0.129 e. The minimum absolute atomic E-state index is 0.444. The molecule has 1 aromatic heterocycles. The van der Waals surface area contributed by atoms with Gasteiger partial charge in [0.25, 0.3) is 0 Å². The topological polar surface area (TPSA) is 25.2 Å². The van der Waals surface area contributed by atoms with Gasteiger partial charge < -0.3 is 0 Å². The van der Waals surface area contributed by atoms with E-state index in [1.165, 1.54) is 11.8 Å². The van der Waals surface area contributed by atoms with E-state index in [9.17, 15) is 0 Å². The first-order valence-electron chi connectivity index (χ1n) is 3.13. The molecule has 0 saturated carbocycles. The Morgan fingerprint density at radius 3 is 2.92 bits per heavy atom. The van der Waals surface area contributed by atoms with Gasteiger partial charge in [0.2, 0.25) is 0 Å². The summed E-state index contributed by atoms with van der Waals surface area (Å²) in [5.74, 6) is 0. The number of rotatable bonds is 1. The van der Waals surface area contributed by atoms with Crippen molar-refractivity contribution in [2.24, 2.45) is 4.51 Å². The van der Waals surface area contributed by atoms with E-state index in [4.69, 9.17) is 23.4 Å². The Bertz CT molecular complexity index is 301. The van der Waals surface area contributed by atoms with Crippen LogP contribution in [0.4, 0.5) is 0 Å². The van der Waals surface area contributed by atoms with Crippen LogP contribution in [0, 0.1) is 0 Å². The zero-order valence-electron chi connectivity index (χ0n) is 6.29. The van der Waals surface area contributed by atoms with Gasteiger partial charge in [0.05, 0.1) is 0 Å². The Labute approximate surface area is 85.1 Å². The number of halogens is 2. The molecule has 0 aliphatic heterocycles. The van der Waals surface area contributed by atoms with Crippen molar-refractivity contribution >= 4 is 40.2 Å². The molecule has 0 amide bonds. The molecule has 0 spiro atoms. The van der Waals surface area contributed by atoms with Crippen molar-refractivity contribution in [2.75, 3.05) is 6.26 Å². The van der Waals surface area contributed by atoms with Crippen LogP contribution < -0.4 is 0 Å². The Morgan fingerprint density at radius 1 is 1.67 bits per heavy atom. The van der Waals surface area contributed by atoms with Crippen LogP contribution in [0.1, 0.15) is 5.56 Å². The molecule has 0 aliphatic rings. The van der Waals surface area contributed by atoms with Crippen molar-refractivity contribution in [3.8, 4) is 0 Å². The van der Waals surface area contributed by atoms with Crippen molar-refractivity contribution in [1.29, 1.82) is 0 Å². The van der Waals surface area contributed by atoms with Gasteiger partial charge >= 0.3 is 0 Å². The van der Waals surface area contributed by atoms with Gasteiger partial charge in [-0.1, -0.05) is 11.6 Å². The van der Waals surface area contributed by atoms with Gasteiger partial charge in [-0.3, -0.25) is 0 Å². The molecule has 0 radical (unpaired) electrons. The Hall–Kier alpha value is -0.250. The van der Waals surface area contributed by atoms with Crippen LogP contribution in [-0.4, -0.2) is 16.3 Å². The fourth-order valence-corrected chi connectivity index (χ4v) is 1.65. The molecular formula is C7H6Cl2N2S. The Kier molecular flexibility index (Phi) is 3.85. The molecular weight excluding hydrogens is 215 g/mol. The largest absolute Gasteiger partial charge is 0.245 e. The fourth-order valence-electron chi connectivity index (χ4n) is 0.737. The Balaban J connectivity index is 3.02. The lowest BCUT2D eigenvalue weighted by Gasteiger charge is -1.99. The van der Waals surface area contributed by atoms with Crippen LogP contribution in [-0.2, 0) is 0 Å². The highest BCUT2D eigenvalue weighted by atomic mass is 35.5. The van der Waals surface area contributed by atoms with Gasteiger partial charge in [-0.2, -0.15) is 4.51 Å². The first-order chi connectivity index (χ1) is 5.77. The third-order valence-electron chi connectivity index (χ3n) is 1.24. The summed E-state index contributed by atoms with van der Waals surface area (Å²) >= 11 is 12.5. The number of pyridine rings is 1. The molecule has 1 aromatic rings. The lowest BCUT2D eigenvalue weighted by molar-refractivity contribution is 1.32. The van der Waals surface area contributed by atoms with Crippen molar-refractivity contribution in [3.63, 3.8) is 0 Å². The van der Waals surface area contributed by atoms with Crippen molar-refractivity contribution < 1.29 is 0 Å². The van der Waals surface area contributed by atoms with Crippen LogP contribution in [0.15, 0.2) is 22.8 Å². The van der Waals surface area contributed by atoms with Gasteiger partial charge in [-0.05, 0) is 18.4 Å². The third kappa shape index (κ3) is 2.37. The summed E-state index contributed by atoms with van der Waals surface area (Å²) in [6, 6.07) is 3.53. The molecule has 0 N–H and O–H groups in total. The maximum absolute atomic E-state index is 5.68.